The van der Waals surface area contributed by atoms with Crippen molar-refractivity contribution >= 4 is 11.6 Å². The SMILES string of the molecule is Cc1nc(-n2cccn2)ncc1CCl. The van der Waals surface area contributed by atoms with Gasteiger partial charge in [-0.2, -0.15) is 5.10 Å². The topological polar surface area (TPSA) is 43.6 Å². The second kappa shape index (κ2) is 3.75. The van der Waals surface area contributed by atoms with Crippen LogP contribution in [0, 0.1) is 6.92 Å². The first-order valence-electron chi connectivity index (χ1n) is 4.20. The first-order valence-corrected chi connectivity index (χ1v) is 4.73. The molecule has 72 valence electrons. The number of aryl methyl sites for hydroxylation is 1. The molecule has 0 aliphatic rings. The summed E-state index contributed by atoms with van der Waals surface area (Å²) < 4.78 is 1.62. The van der Waals surface area contributed by atoms with Crippen molar-refractivity contribution in [1.82, 2.24) is 19.7 Å². The molecule has 0 bridgehead atoms. The molecule has 14 heavy (non-hydrogen) atoms. The highest BCUT2D eigenvalue weighted by molar-refractivity contribution is 6.17. The fourth-order valence-electron chi connectivity index (χ4n) is 1.11. The van der Waals surface area contributed by atoms with Crippen molar-refractivity contribution in [3.05, 3.63) is 35.9 Å². The number of halogens is 1. The molecule has 0 radical (unpaired) electrons. The third-order valence-corrected chi connectivity index (χ3v) is 2.21. The number of nitrogens with zero attached hydrogens (tertiary/aromatic N) is 4. The lowest BCUT2D eigenvalue weighted by atomic mass is 10.3. The average molecular weight is 209 g/mol. The Morgan fingerprint density at radius 2 is 2.36 bits per heavy atom. The number of aromatic nitrogens is 4. The highest BCUT2D eigenvalue weighted by Crippen LogP contribution is 2.08. The summed E-state index contributed by atoms with van der Waals surface area (Å²) in [6.07, 6.45) is 5.22. The number of hydrogen-bond donors (Lipinski definition) is 0. The van der Waals surface area contributed by atoms with Gasteiger partial charge in [0.05, 0.1) is 5.88 Å². The lowest BCUT2D eigenvalue weighted by Gasteiger charge is -2.03. The molecule has 2 aromatic heterocycles. The molecule has 0 amide bonds. The van der Waals surface area contributed by atoms with Gasteiger partial charge in [-0.15, -0.1) is 11.6 Å². The maximum Gasteiger partial charge on any atom is 0.250 e. The minimum Gasteiger partial charge on any atom is -0.219 e. The highest BCUT2D eigenvalue weighted by Gasteiger charge is 2.03. The van der Waals surface area contributed by atoms with Crippen LogP contribution in [0.15, 0.2) is 24.7 Å². The third kappa shape index (κ3) is 1.61. The minimum atomic E-state index is 0.436. The third-order valence-electron chi connectivity index (χ3n) is 1.92. The molecule has 2 rings (SSSR count). The van der Waals surface area contributed by atoms with Crippen molar-refractivity contribution < 1.29 is 0 Å². The van der Waals surface area contributed by atoms with Crippen LogP contribution in [0.25, 0.3) is 5.95 Å². The summed E-state index contributed by atoms with van der Waals surface area (Å²) in [5.41, 5.74) is 1.84. The molecule has 0 N–H and O–H groups in total. The molecular formula is C9H9ClN4. The van der Waals surface area contributed by atoms with Gasteiger partial charge in [0.2, 0.25) is 0 Å². The Labute approximate surface area is 86.6 Å². The maximum absolute atomic E-state index is 5.71. The summed E-state index contributed by atoms with van der Waals surface area (Å²) in [5.74, 6) is 1.01. The second-order valence-electron chi connectivity index (χ2n) is 2.86. The lowest BCUT2D eigenvalue weighted by Crippen LogP contribution is -2.04. The van der Waals surface area contributed by atoms with Crippen molar-refractivity contribution in [3.63, 3.8) is 0 Å². The van der Waals surface area contributed by atoms with E-state index in [4.69, 9.17) is 11.6 Å². The van der Waals surface area contributed by atoms with E-state index in [1.807, 2.05) is 13.0 Å². The predicted octanol–water partition coefficient (Wildman–Crippen LogP) is 1.71. The van der Waals surface area contributed by atoms with Gasteiger partial charge in [0.15, 0.2) is 0 Å². The van der Waals surface area contributed by atoms with E-state index in [1.165, 1.54) is 0 Å². The van der Waals surface area contributed by atoms with Crippen LogP contribution in [0.4, 0.5) is 0 Å². The van der Waals surface area contributed by atoms with Gasteiger partial charge >= 0.3 is 0 Å². The van der Waals surface area contributed by atoms with Gasteiger partial charge in [0, 0.05) is 29.8 Å². The summed E-state index contributed by atoms with van der Waals surface area (Å²) in [4.78, 5) is 8.45. The van der Waals surface area contributed by atoms with Gasteiger partial charge in [-0.25, -0.2) is 14.6 Å². The summed E-state index contributed by atoms with van der Waals surface area (Å²) in [6, 6.07) is 1.83. The summed E-state index contributed by atoms with van der Waals surface area (Å²) in [6.45, 7) is 1.91. The molecule has 0 fully saturated rings. The zero-order chi connectivity index (χ0) is 9.97. The molecule has 0 aromatic carbocycles. The quantitative estimate of drug-likeness (QED) is 0.706. The fraction of sp³-hybridized carbons (Fsp3) is 0.222. The Balaban J connectivity index is 2.43. The van der Waals surface area contributed by atoms with Crippen molar-refractivity contribution in [2.75, 3.05) is 0 Å². The van der Waals surface area contributed by atoms with Crippen LogP contribution in [0.3, 0.4) is 0 Å². The van der Waals surface area contributed by atoms with E-state index in [1.54, 1.807) is 23.3 Å². The molecule has 0 saturated carbocycles. The van der Waals surface area contributed by atoms with Crippen LogP contribution in [0.5, 0.6) is 0 Å². The first kappa shape index (κ1) is 9.15. The molecule has 5 heteroatoms. The smallest absolute Gasteiger partial charge is 0.219 e. The zero-order valence-corrected chi connectivity index (χ0v) is 8.44. The van der Waals surface area contributed by atoms with Gasteiger partial charge in [-0.3, -0.25) is 0 Å². The molecule has 4 nitrogen and oxygen atoms in total. The Kier molecular flexibility index (Phi) is 2.45. The molecule has 2 heterocycles. The van der Waals surface area contributed by atoms with E-state index in [9.17, 15) is 0 Å². The second-order valence-corrected chi connectivity index (χ2v) is 3.13. The molecule has 0 spiro atoms. The molecule has 0 atom stereocenters. The van der Waals surface area contributed by atoms with Crippen LogP contribution in [-0.4, -0.2) is 19.7 Å². The number of alkyl halides is 1. The van der Waals surface area contributed by atoms with Crippen molar-refractivity contribution in [1.29, 1.82) is 0 Å². The largest absolute Gasteiger partial charge is 0.250 e. The Hall–Kier alpha value is -1.42. The van der Waals surface area contributed by atoms with E-state index in [0.29, 0.717) is 11.8 Å². The Morgan fingerprint density at radius 1 is 1.50 bits per heavy atom. The maximum atomic E-state index is 5.71. The van der Waals surface area contributed by atoms with E-state index in [2.05, 4.69) is 15.1 Å². The van der Waals surface area contributed by atoms with E-state index >= 15 is 0 Å². The molecule has 0 unspecified atom stereocenters. The van der Waals surface area contributed by atoms with Gasteiger partial charge in [0.25, 0.3) is 5.95 Å². The van der Waals surface area contributed by atoms with Gasteiger partial charge in [-0.05, 0) is 13.0 Å². The van der Waals surface area contributed by atoms with Crippen molar-refractivity contribution in [3.8, 4) is 5.95 Å². The van der Waals surface area contributed by atoms with Crippen molar-refractivity contribution in [2.24, 2.45) is 0 Å². The standard InChI is InChI=1S/C9H9ClN4/c1-7-8(5-10)6-11-9(13-7)14-4-2-3-12-14/h2-4,6H,5H2,1H3. The summed E-state index contributed by atoms with van der Waals surface area (Å²) >= 11 is 5.71. The number of hydrogen-bond acceptors (Lipinski definition) is 3. The minimum absolute atomic E-state index is 0.436. The highest BCUT2D eigenvalue weighted by atomic mass is 35.5. The number of rotatable bonds is 2. The fourth-order valence-corrected chi connectivity index (χ4v) is 1.37. The van der Waals surface area contributed by atoms with Gasteiger partial charge in [0.1, 0.15) is 0 Å². The average Bonchev–Trinajstić information content (AvgIpc) is 2.70. The molecule has 0 aliphatic heterocycles. The summed E-state index contributed by atoms with van der Waals surface area (Å²) in [5, 5.41) is 4.04. The van der Waals surface area contributed by atoms with Crippen LogP contribution >= 0.6 is 11.6 Å². The Bertz CT molecular complexity index is 424. The van der Waals surface area contributed by atoms with Crippen LogP contribution in [0.2, 0.25) is 0 Å². The zero-order valence-electron chi connectivity index (χ0n) is 7.68. The normalized spacial score (nSPS) is 10.4. The monoisotopic (exact) mass is 208 g/mol. The summed E-state index contributed by atoms with van der Waals surface area (Å²) in [7, 11) is 0. The lowest BCUT2D eigenvalue weighted by molar-refractivity contribution is 0.796. The molecule has 0 saturated heterocycles. The van der Waals surface area contributed by atoms with E-state index < -0.39 is 0 Å². The van der Waals surface area contributed by atoms with Crippen LogP contribution < -0.4 is 0 Å². The van der Waals surface area contributed by atoms with Crippen molar-refractivity contribution in [2.45, 2.75) is 12.8 Å². The van der Waals surface area contributed by atoms with Crippen LogP contribution in [-0.2, 0) is 5.88 Å². The molecular weight excluding hydrogens is 200 g/mol. The molecule has 2 aromatic rings. The van der Waals surface area contributed by atoms with Gasteiger partial charge < -0.3 is 0 Å². The predicted molar refractivity (Wildman–Crippen MR) is 53.4 cm³/mol. The molecule has 0 aliphatic carbocycles. The van der Waals surface area contributed by atoms with E-state index in [0.717, 1.165) is 11.3 Å². The van der Waals surface area contributed by atoms with Gasteiger partial charge in [-0.1, -0.05) is 0 Å². The van der Waals surface area contributed by atoms with E-state index in [-0.39, 0.29) is 0 Å². The first-order chi connectivity index (χ1) is 6.81. The van der Waals surface area contributed by atoms with Crippen LogP contribution in [0.1, 0.15) is 11.3 Å². The Morgan fingerprint density at radius 3 is 2.93 bits per heavy atom.